The van der Waals surface area contributed by atoms with Crippen LogP contribution in [0.15, 0.2) is 102 Å². The highest BCUT2D eigenvalue weighted by molar-refractivity contribution is 6.13. The van der Waals surface area contributed by atoms with Crippen LogP contribution in [0.5, 0.6) is 0 Å². The predicted octanol–water partition coefficient (Wildman–Crippen LogP) is 5.25. The van der Waals surface area contributed by atoms with Crippen molar-refractivity contribution in [1.29, 1.82) is 0 Å². The van der Waals surface area contributed by atoms with Crippen molar-refractivity contribution in [3.63, 3.8) is 0 Å². The molecule has 0 radical (unpaired) electrons. The van der Waals surface area contributed by atoms with Gasteiger partial charge in [-0.25, -0.2) is 4.79 Å². The van der Waals surface area contributed by atoms with E-state index >= 15 is 0 Å². The Morgan fingerprint density at radius 2 is 1.58 bits per heavy atom. The van der Waals surface area contributed by atoms with Crippen LogP contribution < -0.4 is 0 Å². The van der Waals surface area contributed by atoms with Crippen LogP contribution in [0.3, 0.4) is 0 Å². The number of aliphatic imine (C=N–C) groups is 1. The van der Waals surface area contributed by atoms with Gasteiger partial charge in [0.1, 0.15) is 0 Å². The number of pyridine rings is 1. The molecule has 154 valence electrons. The van der Waals surface area contributed by atoms with Crippen LogP contribution in [0.4, 0.5) is 0 Å². The fourth-order valence-corrected chi connectivity index (χ4v) is 3.56. The number of hydrogen-bond acceptors (Lipinski definition) is 4. The van der Waals surface area contributed by atoms with Gasteiger partial charge in [0.25, 0.3) is 0 Å². The number of ether oxygens (including phenoxy) is 1. The summed E-state index contributed by atoms with van der Waals surface area (Å²) in [7, 11) is 0. The lowest BCUT2D eigenvalue weighted by atomic mass is 10.00. The quantitative estimate of drug-likeness (QED) is 0.310. The highest BCUT2D eigenvalue weighted by Crippen LogP contribution is 2.18. The Morgan fingerprint density at radius 1 is 0.903 bits per heavy atom. The molecule has 0 N–H and O–H groups in total. The van der Waals surface area contributed by atoms with E-state index in [-0.39, 0.29) is 5.97 Å². The number of fused-ring (bicyclic) bond motifs is 1. The predicted molar refractivity (Wildman–Crippen MR) is 124 cm³/mol. The second-order valence-corrected chi connectivity index (χ2v) is 7.21. The molecule has 0 aliphatic heterocycles. The SMILES string of the molecule is CCOC(=O)C(Cc1ccc2ncccc2c1)N=C(c1ccccc1)c1ccccc1. The molecule has 1 atom stereocenters. The first-order chi connectivity index (χ1) is 15.2. The second-order valence-electron chi connectivity index (χ2n) is 7.21. The third-order valence-corrected chi connectivity index (χ3v) is 5.03. The molecule has 0 saturated heterocycles. The summed E-state index contributed by atoms with van der Waals surface area (Å²) in [6.45, 7) is 2.13. The zero-order chi connectivity index (χ0) is 21.5. The zero-order valence-electron chi connectivity index (χ0n) is 17.4. The fraction of sp³-hybridized carbons (Fsp3) is 0.148. The van der Waals surface area contributed by atoms with E-state index in [4.69, 9.17) is 9.73 Å². The summed E-state index contributed by atoms with van der Waals surface area (Å²) in [4.78, 5) is 22.2. The fourth-order valence-electron chi connectivity index (χ4n) is 3.56. The molecule has 0 aliphatic rings. The number of hydrogen-bond donors (Lipinski definition) is 0. The van der Waals surface area contributed by atoms with E-state index < -0.39 is 6.04 Å². The lowest BCUT2D eigenvalue weighted by Gasteiger charge is -2.16. The van der Waals surface area contributed by atoms with Crippen molar-refractivity contribution in [2.75, 3.05) is 6.61 Å². The molecule has 31 heavy (non-hydrogen) atoms. The van der Waals surface area contributed by atoms with E-state index in [1.165, 1.54) is 0 Å². The first kappa shape index (κ1) is 20.5. The van der Waals surface area contributed by atoms with Crippen molar-refractivity contribution in [2.24, 2.45) is 4.99 Å². The van der Waals surface area contributed by atoms with E-state index in [9.17, 15) is 4.79 Å². The molecular weight excluding hydrogens is 384 g/mol. The van der Waals surface area contributed by atoms with Crippen LogP contribution in [-0.2, 0) is 16.0 Å². The van der Waals surface area contributed by atoms with Gasteiger partial charge in [-0.05, 0) is 30.7 Å². The Kier molecular flexibility index (Phi) is 6.48. The minimum atomic E-state index is -0.649. The summed E-state index contributed by atoms with van der Waals surface area (Å²) >= 11 is 0. The van der Waals surface area contributed by atoms with E-state index in [1.54, 1.807) is 6.20 Å². The number of esters is 1. The normalized spacial score (nSPS) is 11.6. The maximum absolute atomic E-state index is 12.9. The maximum atomic E-state index is 12.9. The number of carbonyl (C=O) groups is 1. The molecule has 1 aromatic heterocycles. The average molecular weight is 409 g/mol. The standard InChI is InChI=1S/C27H24N2O2/c1-2-31-27(30)25(19-20-15-16-24-23(18-20)14-9-17-28-24)29-26(21-10-5-3-6-11-21)22-12-7-4-8-13-22/h3-18,25H,2,19H2,1H3. The van der Waals surface area contributed by atoms with Crippen LogP contribution in [0.25, 0.3) is 10.9 Å². The van der Waals surface area contributed by atoms with Crippen LogP contribution in [0, 0.1) is 0 Å². The van der Waals surface area contributed by atoms with Gasteiger partial charge in [0, 0.05) is 29.1 Å². The van der Waals surface area contributed by atoms with Gasteiger partial charge in [0.05, 0.1) is 17.8 Å². The van der Waals surface area contributed by atoms with E-state index in [0.717, 1.165) is 33.3 Å². The molecular formula is C27H24N2O2. The highest BCUT2D eigenvalue weighted by atomic mass is 16.5. The minimum Gasteiger partial charge on any atom is -0.464 e. The molecule has 0 amide bonds. The largest absolute Gasteiger partial charge is 0.464 e. The smallest absolute Gasteiger partial charge is 0.331 e. The Hall–Kier alpha value is -3.79. The molecule has 0 aliphatic carbocycles. The molecule has 1 unspecified atom stereocenters. The summed E-state index contributed by atoms with van der Waals surface area (Å²) < 4.78 is 5.38. The number of rotatable bonds is 7. The van der Waals surface area contributed by atoms with Gasteiger partial charge >= 0.3 is 5.97 Å². The average Bonchev–Trinajstić information content (AvgIpc) is 2.83. The molecule has 4 rings (SSSR count). The summed E-state index contributed by atoms with van der Waals surface area (Å²) in [6, 6.07) is 29.2. The number of aromatic nitrogens is 1. The van der Waals surface area contributed by atoms with Crippen molar-refractivity contribution in [3.05, 3.63) is 114 Å². The molecule has 4 nitrogen and oxygen atoms in total. The van der Waals surface area contributed by atoms with E-state index in [0.29, 0.717) is 13.0 Å². The summed E-state index contributed by atoms with van der Waals surface area (Å²) in [6.07, 6.45) is 2.23. The summed E-state index contributed by atoms with van der Waals surface area (Å²) in [5.41, 5.74) is 4.65. The van der Waals surface area contributed by atoms with Crippen molar-refractivity contribution < 1.29 is 9.53 Å². The number of carbonyl (C=O) groups excluding carboxylic acids is 1. The van der Waals surface area contributed by atoms with Crippen LogP contribution in [-0.4, -0.2) is 29.3 Å². The van der Waals surface area contributed by atoms with E-state index in [1.807, 2.05) is 91.9 Å². The third kappa shape index (κ3) is 5.04. The molecule has 1 heterocycles. The van der Waals surface area contributed by atoms with Gasteiger partial charge in [-0.1, -0.05) is 72.8 Å². The molecule has 4 heteroatoms. The minimum absolute atomic E-state index is 0.318. The Morgan fingerprint density at radius 3 is 2.23 bits per heavy atom. The van der Waals surface area contributed by atoms with Crippen molar-refractivity contribution >= 4 is 22.6 Å². The number of nitrogens with zero attached hydrogens (tertiary/aromatic N) is 2. The first-order valence-corrected chi connectivity index (χ1v) is 10.4. The molecule has 4 aromatic rings. The van der Waals surface area contributed by atoms with Gasteiger partial charge < -0.3 is 4.74 Å². The summed E-state index contributed by atoms with van der Waals surface area (Å²) in [5.74, 6) is -0.321. The first-order valence-electron chi connectivity index (χ1n) is 10.4. The topological polar surface area (TPSA) is 51.5 Å². The summed E-state index contributed by atoms with van der Waals surface area (Å²) in [5, 5.41) is 1.04. The van der Waals surface area contributed by atoms with Gasteiger partial charge in [0.2, 0.25) is 0 Å². The second kappa shape index (κ2) is 9.81. The lowest BCUT2D eigenvalue weighted by Crippen LogP contribution is -2.26. The van der Waals surface area contributed by atoms with Gasteiger partial charge in [-0.3, -0.25) is 9.98 Å². The van der Waals surface area contributed by atoms with Gasteiger partial charge in [0.15, 0.2) is 6.04 Å². The van der Waals surface area contributed by atoms with E-state index in [2.05, 4.69) is 11.1 Å². The molecule has 0 bridgehead atoms. The lowest BCUT2D eigenvalue weighted by molar-refractivity contribution is -0.144. The van der Waals surface area contributed by atoms with Crippen LogP contribution >= 0.6 is 0 Å². The Labute approximate surface area is 182 Å². The maximum Gasteiger partial charge on any atom is 0.331 e. The number of benzene rings is 3. The van der Waals surface area contributed by atoms with Crippen LogP contribution in [0.2, 0.25) is 0 Å². The van der Waals surface area contributed by atoms with Gasteiger partial charge in [-0.15, -0.1) is 0 Å². The van der Waals surface area contributed by atoms with Crippen molar-refractivity contribution in [3.8, 4) is 0 Å². The highest BCUT2D eigenvalue weighted by Gasteiger charge is 2.22. The molecule has 0 saturated carbocycles. The zero-order valence-corrected chi connectivity index (χ0v) is 17.4. The monoisotopic (exact) mass is 408 g/mol. The Bertz CT molecular complexity index is 1150. The van der Waals surface area contributed by atoms with Crippen LogP contribution in [0.1, 0.15) is 23.6 Å². The van der Waals surface area contributed by atoms with Crippen molar-refractivity contribution in [2.45, 2.75) is 19.4 Å². The molecule has 3 aromatic carbocycles. The van der Waals surface area contributed by atoms with Gasteiger partial charge in [-0.2, -0.15) is 0 Å². The Balaban J connectivity index is 1.75. The third-order valence-electron chi connectivity index (χ3n) is 5.03. The molecule has 0 fully saturated rings. The molecule has 0 spiro atoms. The van der Waals surface area contributed by atoms with Crippen molar-refractivity contribution in [1.82, 2.24) is 4.98 Å².